The van der Waals surface area contributed by atoms with Crippen LogP contribution in [0.1, 0.15) is 18.1 Å². The number of nitro groups is 1. The SMILES string of the molecule is Cc1ccc(NC(=O)[C@H](C)Oc2ccc([N+](=O)[O-])c(C)c2)c(Br)c1. The van der Waals surface area contributed by atoms with E-state index in [1.807, 2.05) is 19.1 Å². The maximum atomic E-state index is 12.2. The highest BCUT2D eigenvalue weighted by molar-refractivity contribution is 9.10. The van der Waals surface area contributed by atoms with Crippen LogP contribution < -0.4 is 10.1 Å². The molecule has 2 rings (SSSR count). The van der Waals surface area contributed by atoms with Crippen molar-refractivity contribution in [2.75, 3.05) is 5.32 Å². The van der Waals surface area contributed by atoms with E-state index in [2.05, 4.69) is 21.2 Å². The summed E-state index contributed by atoms with van der Waals surface area (Å²) in [5.74, 6) is 0.0966. The maximum absolute atomic E-state index is 12.2. The highest BCUT2D eigenvalue weighted by Gasteiger charge is 2.18. The van der Waals surface area contributed by atoms with Crippen LogP contribution in [0.2, 0.25) is 0 Å². The molecule has 1 amide bonds. The molecular weight excluding hydrogens is 376 g/mol. The molecule has 0 fully saturated rings. The Hall–Kier alpha value is -2.41. The number of nitrogens with zero attached hydrogens (tertiary/aromatic N) is 1. The molecule has 2 aromatic rings. The van der Waals surface area contributed by atoms with E-state index in [1.54, 1.807) is 26.0 Å². The fourth-order valence-corrected chi connectivity index (χ4v) is 2.71. The van der Waals surface area contributed by atoms with E-state index in [0.29, 0.717) is 17.0 Å². The minimum atomic E-state index is -0.751. The number of amides is 1. The summed E-state index contributed by atoms with van der Waals surface area (Å²) in [7, 11) is 0. The molecule has 0 aromatic heterocycles. The van der Waals surface area contributed by atoms with Gasteiger partial charge in [-0.05, 0) is 66.5 Å². The highest BCUT2D eigenvalue weighted by Crippen LogP contribution is 2.25. The van der Waals surface area contributed by atoms with Crippen molar-refractivity contribution in [1.29, 1.82) is 0 Å². The second-order valence-electron chi connectivity index (χ2n) is 5.44. The number of hydrogen-bond donors (Lipinski definition) is 1. The van der Waals surface area contributed by atoms with E-state index in [0.717, 1.165) is 10.0 Å². The van der Waals surface area contributed by atoms with Crippen LogP contribution in [0.4, 0.5) is 11.4 Å². The molecule has 0 saturated heterocycles. The van der Waals surface area contributed by atoms with Crippen molar-refractivity contribution >= 4 is 33.2 Å². The predicted octanol–water partition coefficient (Wildman–Crippen LogP) is 4.38. The number of ether oxygens (including phenoxy) is 1. The molecule has 0 unspecified atom stereocenters. The summed E-state index contributed by atoms with van der Waals surface area (Å²) in [6.07, 6.45) is -0.751. The van der Waals surface area contributed by atoms with Crippen LogP contribution in [-0.4, -0.2) is 16.9 Å². The second-order valence-corrected chi connectivity index (χ2v) is 6.29. The minimum Gasteiger partial charge on any atom is -0.481 e. The number of nitro benzene ring substituents is 1. The minimum absolute atomic E-state index is 0.0167. The topological polar surface area (TPSA) is 81.5 Å². The van der Waals surface area contributed by atoms with E-state index in [1.165, 1.54) is 12.1 Å². The molecule has 0 heterocycles. The van der Waals surface area contributed by atoms with Crippen molar-refractivity contribution in [1.82, 2.24) is 0 Å². The van der Waals surface area contributed by atoms with Gasteiger partial charge >= 0.3 is 0 Å². The maximum Gasteiger partial charge on any atom is 0.272 e. The van der Waals surface area contributed by atoms with Gasteiger partial charge in [-0.2, -0.15) is 0 Å². The van der Waals surface area contributed by atoms with Crippen molar-refractivity contribution in [3.05, 3.63) is 62.1 Å². The van der Waals surface area contributed by atoms with Crippen molar-refractivity contribution in [2.45, 2.75) is 26.9 Å². The van der Waals surface area contributed by atoms with Gasteiger partial charge in [0.2, 0.25) is 0 Å². The van der Waals surface area contributed by atoms with Gasteiger partial charge < -0.3 is 10.1 Å². The van der Waals surface area contributed by atoms with E-state index in [9.17, 15) is 14.9 Å². The zero-order chi connectivity index (χ0) is 17.9. The van der Waals surface area contributed by atoms with Gasteiger partial charge in [0, 0.05) is 16.1 Å². The molecule has 0 spiro atoms. The Morgan fingerprint density at radius 1 is 1.25 bits per heavy atom. The molecular formula is C17H17BrN2O4. The fraction of sp³-hybridized carbons (Fsp3) is 0.235. The molecule has 6 nitrogen and oxygen atoms in total. The molecule has 24 heavy (non-hydrogen) atoms. The largest absolute Gasteiger partial charge is 0.481 e. The summed E-state index contributed by atoms with van der Waals surface area (Å²) in [6.45, 7) is 5.20. The number of halogens is 1. The number of hydrogen-bond acceptors (Lipinski definition) is 4. The Morgan fingerprint density at radius 2 is 1.96 bits per heavy atom. The smallest absolute Gasteiger partial charge is 0.272 e. The summed E-state index contributed by atoms with van der Waals surface area (Å²) in [5.41, 5.74) is 2.22. The molecule has 2 aromatic carbocycles. The summed E-state index contributed by atoms with van der Waals surface area (Å²) < 4.78 is 6.36. The van der Waals surface area contributed by atoms with Gasteiger partial charge in [-0.25, -0.2) is 0 Å². The lowest BCUT2D eigenvalue weighted by Gasteiger charge is -2.16. The molecule has 0 saturated carbocycles. The van der Waals surface area contributed by atoms with Gasteiger partial charge in [0.05, 0.1) is 10.6 Å². The molecule has 1 atom stereocenters. The van der Waals surface area contributed by atoms with Crippen LogP contribution in [0.15, 0.2) is 40.9 Å². The van der Waals surface area contributed by atoms with Crippen LogP contribution in [0.3, 0.4) is 0 Å². The third kappa shape index (κ3) is 4.32. The van der Waals surface area contributed by atoms with Gasteiger partial charge in [0.1, 0.15) is 5.75 Å². The molecule has 1 N–H and O–H groups in total. The van der Waals surface area contributed by atoms with Crippen LogP contribution in [0, 0.1) is 24.0 Å². The van der Waals surface area contributed by atoms with E-state index in [4.69, 9.17) is 4.74 Å². The third-order valence-electron chi connectivity index (χ3n) is 3.43. The Morgan fingerprint density at radius 3 is 2.54 bits per heavy atom. The van der Waals surface area contributed by atoms with E-state index < -0.39 is 11.0 Å². The lowest BCUT2D eigenvalue weighted by atomic mass is 10.2. The first-order valence-electron chi connectivity index (χ1n) is 7.26. The number of anilines is 1. The van der Waals surface area contributed by atoms with Gasteiger partial charge in [0.15, 0.2) is 6.10 Å². The Balaban J connectivity index is 2.06. The van der Waals surface area contributed by atoms with Crippen molar-refractivity contribution in [3.63, 3.8) is 0 Å². The molecule has 0 bridgehead atoms. The van der Waals surface area contributed by atoms with Crippen LogP contribution in [0.25, 0.3) is 0 Å². The molecule has 0 radical (unpaired) electrons. The number of benzene rings is 2. The molecule has 0 aliphatic heterocycles. The quantitative estimate of drug-likeness (QED) is 0.604. The summed E-state index contributed by atoms with van der Waals surface area (Å²) in [5, 5.41) is 13.6. The Kier molecular flexibility index (Phi) is 5.56. The van der Waals surface area contributed by atoms with Crippen molar-refractivity contribution in [3.8, 4) is 5.75 Å². The Labute approximate surface area is 148 Å². The van der Waals surface area contributed by atoms with E-state index in [-0.39, 0.29) is 11.6 Å². The lowest BCUT2D eigenvalue weighted by molar-refractivity contribution is -0.385. The molecule has 0 aliphatic rings. The van der Waals surface area contributed by atoms with E-state index >= 15 is 0 Å². The summed E-state index contributed by atoms with van der Waals surface area (Å²) >= 11 is 3.40. The molecule has 126 valence electrons. The van der Waals surface area contributed by atoms with Crippen LogP contribution in [0.5, 0.6) is 5.75 Å². The zero-order valence-corrected chi connectivity index (χ0v) is 15.1. The second kappa shape index (κ2) is 7.44. The van der Waals surface area contributed by atoms with Crippen molar-refractivity contribution in [2.24, 2.45) is 0 Å². The van der Waals surface area contributed by atoms with Crippen LogP contribution in [-0.2, 0) is 4.79 Å². The van der Waals surface area contributed by atoms with Gasteiger partial charge in [-0.3, -0.25) is 14.9 Å². The number of carbonyl (C=O) groups excluding carboxylic acids is 1. The first kappa shape index (κ1) is 17.9. The van der Waals surface area contributed by atoms with Crippen LogP contribution >= 0.6 is 15.9 Å². The Bertz CT molecular complexity index is 792. The normalized spacial score (nSPS) is 11.7. The number of nitrogens with one attached hydrogen (secondary N) is 1. The number of carbonyl (C=O) groups is 1. The zero-order valence-electron chi connectivity index (χ0n) is 13.5. The number of rotatable bonds is 5. The first-order chi connectivity index (χ1) is 11.3. The lowest BCUT2D eigenvalue weighted by Crippen LogP contribution is -2.30. The monoisotopic (exact) mass is 392 g/mol. The van der Waals surface area contributed by atoms with Gasteiger partial charge in [-0.15, -0.1) is 0 Å². The highest BCUT2D eigenvalue weighted by atomic mass is 79.9. The average molecular weight is 393 g/mol. The number of aryl methyl sites for hydroxylation is 2. The molecule has 7 heteroatoms. The summed E-state index contributed by atoms with van der Waals surface area (Å²) in [6, 6.07) is 10.00. The predicted molar refractivity (Wildman–Crippen MR) is 95.4 cm³/mol. The van der Waals surface area contributed by atoms with Gasteiger partial charge in [-0.1, -0.05) is 6.07 Å². The standard InChI is InChI=1S/C17H17BrN2O4/c1-10-4-6-15(14(18)8-10)19-17(21)12(3)24-13-5-7-16(20(22)23)11(2)9-13/h4-9,12H,1-3H3,(H,19,21)/t12-/m0/s1. The third-order valence-corrected chi connectivity index (χ3v) is 4.09. The van der Waals surface area contributed by atoms with Gasteiger partial charge in [0.25, 0.3) is 11.6 Å². The average Bonchev–Trinajstić information content (AvgIpc) is 2.49. The summed E-state index contributed by atoms with van der Waals surface area (Å²) in [4.78, 5) is 22.6. The first-order valence-corrected chi connectivity index (χ1v) is 8.06. The van der Waals surface area contributed by atoms with Crippen molar-refractivity contribution < 1.29 is 14.5 Å². The fourth-order valence-electron chi connectivity index (χ4n) is 2.12. The molecule has 0 aliphatic carbocycles.